The van der Waals surface area contributed by atoms with Gasteiger partial charge in [0.05, 0.1) is 6.20 Å². The van der Waals surface area contributed by atoms with Crippen molar-refractivity contribution in [2.24, 2.45) is 5.41 Å². The van der Waals surface area contributed by atoms with E-state index in [0.29, 0.717) is 13.1 Å². The normalized spacial score (nSPS) is 16.4. The number of amides is 2. The Bertz CT molecular complexity index is 516. The second-order valence-corrected chi connectivity index (χ2v) is 8.09. The Hall–Kier alpha value is -1.85. The largest absolute Gasteiger partial charge is 0.352 e. The maximum atomic E-state index is 12.5. The molecule has 1 aromatic rings. The lowest BCUT2D eigenvalue weighted by molar-refractivity contribution is 0.172. The number of hydrogen-bond donors (Lipinski definition) is 1. The van der Waals surface area contributed by atoms with E-state index in [1.54, 1.807) is 18.6 Å². The fourth-order valence-electron chi connectivity index (χ4n) is 3.33. The predicted molar refractivity (Wildman–Crippen MR) is 92.5 cm³/mol. The van der Waals surface area contributed by atoms with Crippen LogP contribution in [0.2, 0.25) is 0 Å². The molecule has 0 radical (unpaired) electrons. The summed E-state index contributed by atoms with van der Waals surface area (Å²) in [5.74, 6) is 0.876. The topological polar surface area (TPSA) is 61.4 Å². The summed E-state index contributed by atoms with van der Waals surface area (Å²) >= 11 is 0. The molecule has 6 nitrogen and oxygen atoms in total. The lowest BCUT2D eigenvalue weighted by Crippen LogP contribution is -2.56. The van der Waals surface area contributed by atoms with Crippen LogP contribution in [-0.4, -0.2) is 52.6 Å². The Labute approximate surface area is 139 Å². The molecular weight excluding hydrogens is 290 g/mol. The molecule has 23 heavy (non-hydrogen) atoms. The Morgan fingerprint density at radius 1 is 1.13 bits per heavy atom. The second kappa shape index (κ2) is 6.72. The summed E-state index contributed by atoms with van der Waals surface area (Å²) in [5, 5.41) is 3.18. The molecule has 1 aliphatic heterocycles. The minimum atomic E-state index is -0.211. The van der Waals surface area contributed by atoms with Crippen molar-refractivity contribution in [1.82, 2.24) is 20.2 Å². The van der Waals surface area contributed by atoms with Gasteiger partial charge in [-0.15, -0.1) is 0 Å². The van der Waals surface area contributed by atoms with Crippen LogP contribution in [0.25, 0.3) is 0 Å². The molecule has 1 aliphatic rings. The minimum absolute atomic E-state index is 0.0260. The van der Waals surface area contributed by atoms with Crippen molar-refractivity contribution in [3.05, 3.63) is 18.6 Å². The third-order valence-electron chi connectivity index (χ3n) is 3.86. The van der Waals surface area contributed by atoms with Crippen LogP contribution in [0.5, 0.6) is 0 Å². The van der Waals surface area contributed by atoms with E-state index in [1.165, 1.54) is 0 Å². The highest BCUT2D eigenvalue weighted by Crippen LogP contribution is 2.27. The summed E-state index contributed by atoms with van der Waals surface area (Å²) in [5.41, 5.74) is -0.0289. The smallest absolute Gasteiger partial charge is 0.317 e. The number of rotatable bonds is 3. The van der Waals surface area contributed by atoms with Gasteiger partial charge in [-0.2, -0.15) is 0 Å². The number of anilines is 1. The van der Waals surface area contributed by atoms with Crippen LogP contribution in [0.1, 0.15) is 41.0 Å². The molecule has 1 saturated heterocycles. The third kappa shape index (κ3) is 5.37. The number of nitrogens with zero attached hydrogens (tertiary/aromatic N) is 4. The summed E-state index contributed by atoms with van der Waals surface area (Å²) in [7, 11) is 0. The molecule has 1 aromatic heterocycles. The SMILES string of the molecule is CC(C)(C)CC(C)(C)NC(=O)N1CCN(c2cnccn2)CC1. The van der Waals surface area contributed by atoms with Gasteiger partial charge in [0, 0.05) is 44.1 Å². The molecule has 0 aliphatic carbocycles. The van der Waals surface area contributed by atoms with E-state index in [1.807, 2.05) is 4.90 Å². The standard InChI is InChI=1S/C17H29N5O/c1-16(2,3)13-17(4,5)20-15(23)22-10-8-21(9-11-22)14-12-18-6-7-19-14/h6-7,12H,8-11,13H2,1-5H3,(H,20,23). The molecular formula is C17H29N5O. The summed E-state index contributed by atoms with van der Waals surface area (Å²) in [6.45, 7) is 13.7. The van der Waals surface area contributed by atoms with E-state index < -0.39 is 0 Å². The quantitative estimate of drug-likeness (QED) is 0.930. The number of nitrogens with one attached hydrogen (secondary N) is 1. The molecule has 2 rings (SSSR count). The van der Waals surface area contributed by atoms with E-state index in [2.05, 4.69) is 54.8 Å². The summed E-state index contributed by atoms with van der Waals surface area (Å²) in [6.07, 6.45) is 6.07. The molecule has 6 heteroatoms. The number of urea groups is 1. The monoisotopic (exact) mass is 319 g/mol. The molecule has 0 aromatic carbocycles. The van der Waals surface area contributed by atoms with Crippen molar-refractivity contribution in [3.8, 4) is 0 Å². The first-order chi connectivity index (χ1) is 10.7. The fourth-order valence-corrected chi connectivity index (χ4v) is 3.33. The molecule has 0 unspecified atom stereocenters. The highest BCUT2D eigenvalue weighted by atomic mass is 16.2. The Morgan fingerprint density at radius 3 is 2.30 bits per heavy atom. The Balaban J connectivity index is 1.86. The Kier molecular flexibility index (Phi) is 5.12. The van der Waals surface area contributed by atoms with Gasteiger partial charge in [-0.25, -0.2) is 9.78 Å². The van der Waals surface area contributed by atoms with Crippen molar-refractivity contribution in [3.63, 3.8) is 0 Å². The van der Waals surface area contributed by atoms with Crippen molar-refractivity contribution in [2.75, 3.05) is 31.1 Å². The van der Waals surface area contributed by atoms with Crippen LogP contribution in [0.15, 0.2) is 18.6 Å². The number of carbonyl (C=O) groups is 1. The van der Waals surface area contributed by atoms with E-state index in [0.717, 1.165) is 25.3 Å². The van der Waals surface area contributed by atoms with Crippen LogP contribution in [-0.2, 0) is 0 Å². The van der Waals surface area contributed by atoms with Gasteiger partial charge in [0.15, 0.2) is 0 Å². The van der Waals surface area contributed by atoms with E-state index in [-0.39, 0.29) is 17.0 Å². The van der Waals surface area contributed by atoms with Crippen LogP contribution in [0.4, 0.5) is 10.6 Å². The van der Waals surface area contributed by atoms with Crippen molar-refractivity contribution >= 4 is 11.8 Å². The Morgan fingerprint density at radius 2 is 1.78 bits per heavy atom. The molecule has 2 heterocycles. The first-order valence-corrected chi connectivity index (χ1v) is 8.24. The summed E-state index contributed by atoms with van der Waals surface area (Å²) in [4.78, 5) is 25.0. The van der Waals surface area contributed by atoms with E-state index >= 15 is 0 Å². The van der Waals surface area contributed by atoms with Crippen LogP contribution in [0, 0.1) is 5.41 Å². The molecule has 128 valence electrons. The van der Waals surface area contributed by atoms with Gasteiger partial charge in [-0.05, 0) is 25.7 Å². The molecule has 0 spiro atoms. The van der Waals surface area contributed by atoms with Gasteiger partial charge in [0.1, 0.15) is 5.82 Å². The summed E-state index contributed by atoms with van der Waals surface area (Å²) in [6, 6.07) is 0.0260. The van der Waals surface area contributed by atoms with Gasteiger partial charge < -0.3 is 15.1 Å². The summed E-state index contributed by atoms with van der Waals surface area (Å²) < 4.78 is 0. The maximum absolute atomic E-state index is 12.5. The molecule has 0 saturated carbocycles. The fraction of sp³-hybridized carbons (Fsp3) is 0.706. The zero-order valence-corrected chi connectivity index (χ0v) is 15.0. The average molecular weight is 319 g/mol. The zero-order chi connectivity index (χ0) is 17.1. The van der Waals surface area contributed by atoms with Crippen LogP contribution >= 0.6 is 0 Å². The third-order valence-corrected chi connectivity index (χ3v) is 3.86. The number of hydrogen-bond acceptors (Lipinski definition) is 4. The molecule has 0 atom stereocenters. The van der Waals surface area contributed by atoms with Crippen molar-refractivity contribution in [1.29, 1.82) is 0 Å². The number of aromatic nitrogens is 2. The lowest BCUT2D eigenvalue weighted by atomic mass is 9.82. The van der Waals surface area contributed by atoms with Gasteiger partial charge in [-0.1, -0.05) is 20.8 Å². The van der Waals surface area contributed by atoms with Gasteiger partial charge in [0.2, 0.25) is 0 Å². The van der Waals surface area contributed by atoms with Crippen LogP contribution in [0.3, 0.4) is 0 Å². The zero-order valence-electron chi connectivity index (χ0n) is 15.0. The van der Waals surface area contributed by atoms with Gasteiger partial charge in [-0.3, -0.25) is 4.98 Å². The predicted octanol–water partition coefficient (Wildman–Crippen LogP) is 2.52. The van der Waals surface area contributed by atoms with Crippen LogP contribution < -0.4 is 10.2 Å². The van der Waals surface area contributed by atoms with Gasteiger partial charge >= 0.3 is 6.03 Å². The van der Waals surface area contributed by atoms with E-state index in [9.17, 15) is 4.79 Å². The second-order valence-electron chi connectivity index (χ2n) is 8.09. The van der Waals surface area contributed by atoms with E-state index in [4.69, 9.17) is 0 Å². The first-order valence-electron chi connectivity index (χ1n) is 8.24. The molecule has 2 amide bonds. The van der Waals surface area contributed by atoms with Gasteiger partial charge in [0.25, 0.3) is 0 Å². The first kappa shape index (κ1) is 17.5. The molecule has 0 bridgehead atoms. The number of piperazine rings is 1. The molecule has 1 N–H and O–H groups in total. The number of carbonyl (C=O) groups excluding carboxylic acids is 1. The molecule has 1 fully saturated rings. The van der Waals surface area contributed by atoms with Crippen molar-refractivity contribution < 1.29 is 4.79 Å². The maximum Gasteiger partial charge on any atom is 0.317 e. The lowest BCUT2D eigenvalue weighted by Gasteiger charge is -2.39. The average Bonchev–Trinajstić information content (AvgIpc) is 2.45. The highest BCUT2D eigenvalue weighted by Gasteiger charge is 2.30. The highest BCUT2D eigenvalue weighted by molar-refractivity contribution is 5.75. The minimum Gasteiger partial charge on any atom is -0.352 e. The van der Waals surface area contributed by atoms with Crippen molar-refractivity contribution in [2.45, 2.75) is 46.6 Å².